The Morgan fingerprint density at radius 2 is 2.11 bits per heavy atom. The maximum absolute atomic E-state index is 13.4. The van der Waals surface area contributed by atoms with E-state index < -0.39 is 5.82 Å². The minimum atomic E-state index is -0.550. The average Bonchev–Trinajstić information content (AvgIpc) is 2.79. The van der Waals surface area contributed by atoms with Gasteiger partial charge in [-0.25, -0.2) is 14.4 Å². The Balaban J connectivity index is 2.08. The molecule has 1 aromatic carbocycles. The molecule has 0 bridgehead atoms. The monoisotopic (exact) mass is 245 g/mol. The number of aromatic nitrogens is 2. The number of nitrogens with zero attached hydrogens (tertiary/aromatic N) is 2. The van der Waals surface area contributed by atoms with Crippen LogP contribution in [0, 0.1) is 12.7 Å². The fourth-order valence-corrected chi connectivity index (χ4v) is 2.14. The number of para-hydroxylation sites is 1. The van der Waals surface area contributed by atoms with Crippen LogP contribution in [-0.4, -0.2) is 16.6 Å². The fourth-order valence-electron chi connectivity index (χ4n) is 2.14. The van der Waals surface area contributed by atoms with Gasteiger partial charge in [0.15, 0.2) is 11.6 Å². The summed E-state index contributed by atoms with van der Waals surface area (Å²) in [5, 5.41) is 0. The second kappa shape index (κ2) is 3.94. The lowest BCUT2D eigenvalue weighted by atomic mass is 10.0. The van der Waals surface area contributed by atoms with Crippen molar-refractivity contribution in [3.63, 3.8) is 0 Å². The van der Waals surface area contributed by atoms with E-state index in [1.807, 2.05) is 24.3 Å². The number of aryl methyl sites for hydroxylation is 1. The topological polar surface area (TPSA) is 61.0 Å². The number of hydrogen-bond donors (Lipinski definition) is 1. The Bertz CT molecular complexity index is 592. The van der Waals surface area contributed by atoms with Gasteiger partial charge in [-0.2, -0.15) is 0 Å². The van der Waals surface area contributed by atoms with Crippen molar-refractivity contribution >= 4 is 5.82 Å². The minimum Gasteiger partial charge on any atom is -0.492 e. The van der Waals surface area contributed by atoms with Crippen molar-refractivity contribution in [2.75, 3.05) is 12.3 Å². The SMILES string of the molecule is Cc1nc(C2COc3ccccc32)nc(N)c1F. The molecule has 0 spiro atoms. The second-order valence-electron chi connectivity index (χ2n) is 4.27. The Hall–Kier alpha value is -2.17. The highest BCUT2D eigenvalue weighted by Crippen LogP contribution is 2.36. The first-order chi connectivity index (χ1) is 8.66. The van der Waals surface area contributed by atoms with E-state index >= 15 is 0 Å². The Kier molecular flexibility index (Phi) is 2.40. The fraction of sp³-hybridized carbons (Fsp3) is 0.231. The smallest absolute Gasteiger partial charge is 0.186 e. The van der Waals surface area contributed by atoms with E-state index in [-0.39, 0.29) is 17.4 Å². The summed E-state index contributed by atoms with van der Waals surface area (Å²) in [7, 11) is 0. The lowest BCUT2D eigenvalue weighted by Crippen LogP contribution is -2.12. The number of fused-ring (bicyclic) bond motifs is 1. The summed E-state index contributed by atoms with van der Waals surface area (Å²) in [6, 6.07) is 7.70. The summed E-state index contributed by atoms with van der Waals surface area (Å²) in [5.41, 5.74) is 6.82. The molecule has 0 radical (unpaired) electrons. The number of ether oxygens (including phenoxy) is 1. The van der Waals surface area contributed by atoms with Gasteiger partial charge in [0.25, 0.3) is 0 Å². The number of nitrogen functional groups attached to an aromatic ring is 1. The molecular formula is C13H12FN3O. The van der Waals surface area contributed by atoms with E-state index in [0.29, 0.717) is 12.4 Å². The third-order valence-electron chi connectivity index (χ3n) is 3.07. The third kappa shape index (κ3) is 1.59. The van der Waals surface area contributed by atoms with Crippen LogP contribution in [0.25, 0.3) is 0 Å². The van der Waals surface area contributed by atoms with E-state index in [4.69, 9.17) is 10.5 Å². The molecule has 18 heavy (non-hydrogen) atoms. The standard InChI is InChI=1S/C13H12FN3O/c1-7-11(14)12(15)17-13(16-7)9-6-18-10-5-3-2-4-8(9)10/h2-5,9H,6H2,1H3,(H2,15,16,17). The predicted molar refractivity (Wildman–Crippen MR) is 64.9 cm³/mol. The molecule has 2 heterocycles. The first-order valence-electron chi connectivity index (χ1n) is 5.68. The largest absolute Gasteiger partial charge is 0.492 e. The van der Waals surface area contributed by atoms with Crippen LogP contribution in [-0.2, 0) is 0 Å². The zero-order valence-corrected chi connectivity index (χ0v) is 9.85. The second-order valence-corrected chi connectivity index (χ2v) is 4.27. The molecule has 2 N–H and O–H groups in total. The van der Waals surface area contributed by atoms with Gasteiger partial charge in [-0.1, -0.05) is 18.2 Å². The molecule has 1 aliphatic rings. The van der Waals surface area contributed by atoms with Crippen LogP contribution in [0.3, 0.4) is 0 Å². The van der Waals surface area contributed by atoms with Gasteiger partial charge in [-0.05, 0) is 13.0 Å². The highest BCUT2D eigenvalue weighted by molar-refractivity contribution is 5.44. The van der Waals surface area contributed by atoms with Gasteiger partial charge in [0.2, 0.25) is 0 Å². The highest BCUT2D eigenvalue weighted by Gasteiger charge is 2.28. The van der Waals surface area contributed by atoms with Crippen LogP contribution in [0.15, 0.2) is 24.3 Å². The van der Waals surface area contributed by atoms with Gasteiger partial charge in [0.1, 0.15) is 18.2 Å². The van der Waals surface area contributed by atoms with E-state index in [9.17, 15) is 4.39 Å². The number of anilines is 1. The third-order valence-corrected chi connectivity index (χ3v) is 3.07. The van der Waals surface area contributed by atoms with Crippen LogP contribution < -0.4 is 10.5 Å². The van der Waals surface area contributed by atoms with Crippen molar-refractivity contribution in [3.05, 3.63) is 47.2 Å². The van der Waals surface area contributed by atoms with Gasteiger partial charge in [-0.3, -0.25) is 0 Å². The molecule has 5 heteroatoms. The van der Waals surface area contributed by atoms with Gasteiger partial charge in [-0.15, -0.1) is 0 Å². The maximum Gasteiger partial charge on any atom is 0.186 e. The van der Waals surface area contributed by atoms with Crippen molar-refractivity contribution in [1.29, 1.82) is 0 Å². The number of nitrogens with two attached hydrogens (primary N) is 1. The number of benzene rings is 1. The van der Waals surface area contributed by atoms with E-state index in [0.717, 1.165) is 11.3 Å². The van der Waals surface area contributed by atoms with Crippen LogP contribution in [0.5, 0.6) is 5.75 Å². The summed E-state index contributed by atoms with van der Waals surface area (Å²) in [4.78, 5) is 8.19. The molecule has 3 rings (SSSR count). The zero-order chi connectivity index (χ0) is 12.7. The quantitative estimate of drug-likeness (QED) is 0.835. The highest BCUT2D eigenvalue weighted by atomic mass is 19.1. The summed E-state index contributed by atoms with van der Waals surface area (Å²) in [5.74, 6) is 0.596. The van der Waals surface area contributed by atoms with E-state index in [1.165, 1.54) is 0 Å². The average molecular weight is 245 g/mol. The number of halogens is 1. The molecule has 0 saturated heterocycles. The molecule has 4 nitrogen and oxygen atoms in total. The van der Waals surface area contributed by atoms with Crippen molar-refractivity contribution in [3.8, 4) is 5.75 Å². The van der Waals surface area contributed by atoms with Crippen LogP contribution in [0.1, 0.15) is 23.0 Å². The maximum atomic E-state index is 13.4. The van der Waals surface area contributed by atoms with Crippen molar-refractivity contribution in [2.45, 2.75) is 12.8 Å². The molecule has 0 aliphatic carbocycles. The van der Waals surface area contributed by atoms with Gasteiger partial charge in [0, 0.05) is 5.56 Å². The summed E-state index contributed by atoms with van der Waals surface area (Å²) in [6.45, 7) is 2.04. The molecule has 0 fully saturated rings. The molecule has 92 valence electrons. The van der Waals surface area contributed by atoms with Gasteiger partial charge < -0.3 is 10.5 Å². The molecule has 1 aromatic heterocycles. The van der Waals surface area contributed by atoms with E-state index in [1.54, 1.807) is 6.92 Å². The van der Waals surface area contributed by atoms with Gasteiger partial charge >= 0.3 is 0 Å². The van der Waals surface area contributed by atoms with Crippen LogP contribution in [0.4, 0.5) is 10.2 Å². The molecule has 1 unspecified atom stereocenters. The molecule has 0 saturated carbocycles. The van der Waals surface area contributed by atoms with Crippen molar-refractivity contribution in [1.82, 2.24) is 9.97 Å². The first kappa shape index (κ1) is 11.0. The lowest BCUT2D eigenvalue weighted by molar-refractivity contribution is 0.339. The van der Waals surface area contributed by atoms with Crippen LogP contribution in [0.2, 0.25) is 0 Å². The zero-order valence-electron chi connectivity index (χ0n) is 9.85. The molecule has 0 amide bonds. The van der Waals surface area contributed by atoms with Gasteiger partial charge in [0.05, 0.1) is 11.6 Å². The van der Waals surface area contributed by atoms with E-state index in [2.05, 4.69) is 9.97 Å². The Labute approximate surface area is 104 Å². The number of rotatable bonds is 1. The molecule has 2 aromatic rings. The summed E-state index contributed by atoms with van der Waals surface area (Å²) >= 11 is 0. The number of hydrogen-bond acceptors (Lipinski definition) is 4. The predicted octanol–water partition coefficient (Wildman–Crippen LogP) is 2.03. The lowest BCUT2D eigenvalue weighted by Gasteiger charge is -2.09. The minimum absolute atomic E-state index is 0.0807. The van der Waals surface area contributed by atoms with Crippen molar-refractivity contribution < 1.29 is 9.13 Å². The van der Waals surface area contributed by atoms with Crippen molar-refractivity contribution in [2.24, 2.45) is 0 Å². The molecular weight excluding hydrogens is 233 g/mol. The normalized spacial score (nSPS) is 17.3. The first-order valence-corrected chi connectivity index (χ1v) is 5.68. The Morgan fingerprint density at radius 1 is 1.33 bits per heavy atom. The summed E-state index contributed by atoms with van der Waals surface area (Å²) < 4.78 is 19.0. The molecule has 1 aliphatic heterocycles. The van der Waals surface area contributed by atoms with Crippen LogP contribution >= 0.6 is 0 Å². The Morgan fingerprint density at radius 3 is 2.89 bits per heavy atom. The summed E-state index contributed by atoms with van der Waals surface area (Å²) in [6.07, 6.45) is 0. The molecule has 1 atom stereocenters.